The van der Waals surface area contributed by atoms with Crippen molar-refractivity contribution in [2.75, 3.05) is 20.2 Å². The number of para-hydroxylation sites is 1. The first kappa shape index (κ1) is 18.2. The van der Waals surface area contributed by atoms with Crippen molar-refractivity contribution in [1.82, 2.24) is 15.0 Å². The lowest BCUT2D eigenvalue weighted by Gasteiger charge is -2.17. The first-order chi connectivity index (χ1) is 13.7. The first-order valence-electron chi connectivity index (χ1n) is 9.40. The molecule has 1 saturated heterocycles. The minimum absolute atomic E-state index is 0.00906. The van der Waals surface area contributed by atoms with Gasteiger partial charge in [-0.2, -0.15) is 4.98 Å². The number of ether oxygens (including phenoxy) is 1. The van der Waals surface area contributed by atoms with E-state index < -0.39 is 0 Å². The maximum absolute atomic E-state index is 13.0. The van der Waals surface area contributed by atoms with Gasteiger partial charge >= 0.3 is 0 Å². The molecule has 2 unspecified atom stereocenters. The fourth-order valence-corrected chi connectivity index (χ4v) is 3.88. The summed E-state index contributed by atoms with van der Waals surface area (Å²) in [6.07, 6.45) is 0.307. The summed E-state index contributed by atoms with van der Waals surface area (Å²) in [6, 6.07) is 17.9. The standard InChI is InChI=1S/C22H23N3O3/c1-15-23-22(28-24-15)19-14-25(13-18(19)16-8-4-3-5-9-16)21(26)12-17-10-6-7-11-20(17)27-2/h3-11,18-19H,12-14H2,1-2H3. The van der Waals surface area contributed by atoms with Crippen molar-refractivity contribution in [2.45, 2.75) is 25.2 Å². The molecule has 6 heteroatoms. The van der Waals surface area contributed by atoms with Crippen molar-refractivity contribution >= 4 is 5.91 Å². The zero-order valence-electron chi connectivity index (χ0n) is 16.0. The Hall–Kier alpha value is -3.15. The van der Waals surface area contributed by atoms with Crippen molar-refractivity contribution in [1.29, 1.82) is 0 Å². The van der Waals surface area contributed by atoms with E-state index in [0.29, 0.717) is 31.2 Å². The monoisotopic (exact) mass is 377 g/mol. The molecule has 0 N–H and O–H groups in total. The van der Waals surface area contributed by atoms with Gasteiger partial charge in [-0.05, 0) is 18.6 Å². The van der Waals surface area contributed by atoms with Crippen molar-refractivity contribution in [3.63, 3.8) is 0 Å². The highest BCUT2D eigenvalue weighted by Crippen LogP contribution is 2.39. The number of benzene rings is 2. The Morgan fingerprint density at radius 3 is 2.54 bits per heavy atom. The van der Waals surface area contributed by atoms with Crippen LogP contribution in [0.1, 0.15) is 34.7 Å². The van der Waals surface area contributed by atoms with Gasteiger partial charge in [0.1, 0.15) is 5.75 Å². The lowest BCUT2D eigenvalue weighted by Crippen LogP contribution is -2.30. The summed E-state index contributed by atoms with van der Waals surface area (Å²) in [7, 11) is 1.62. The molecule has 1 aliphatic rings. The molecule has 0 radical (unpaired) electrons. The molecule has 28 heavy (non-hydrogen) atoms. The van der Waals surface area contributed by atoms with Crippen molar-refractivity contribution in [3.05, 3.63) is 77.4 Å². The summed E-state index contributed by atoms with van der Waals surface area (Å²) in [5.41, 5.74) is 2.07. The number of nitrogens with zero attached hydrogens (tertiary/aromatic N) is 3. The molecular weight excluding hydrogens is 354 g/mol. The molecule has 1 amide bonds. The number of carbonyl (C=O) groups is 1. The Morgan fingerprint density at radius 1 is 1.11 bits per heavy atom. The van der Waals surface area contributed by atoms with Crippen LogP contribution in [0.4, 0.5) is 0 Å². The predicted octanol–water partition coefficient (Wildman–Crippen LogP) is 3.34. The quantitative estimate of drug-likeness (QED) is 0.682. The third-order valence-corrected chi connectivity index (χ3v) is 5.29. The second kappa shape index (κ2) is 7.84. The van der Waals surface area contributed by atoms with E-state index in [0.717, 1.165) is 11.3 Å². The molecule has 0 spiro atoms. The van der Waals surface area contributed by atoms with Crippen LogP contribution in [0, 0.1) is 6.92 Å². The van der Waals surface area contributed by atoms with E-state index in [9.17, 15) is 4.79 Å². The molecule has 0 saturated carbocycles. The van der Waals surface area contributed by atoms with Gasteiger partial charge in [-0.25, -0.2) is 0 Å². The normalized spacial score (nSPS) is 19.0. The van der Waals surface area contributed by atoms with Gasteiger partial charge < -0.3 is 14.2 Å². The minimum atomic E-state index is -0.00906. The van der Waals surface area contributed by atoms with E-state index in [2.05, 4.69) is 22.3 Å². The number of likely N-dealkylation sites (tertiary alicyclic amines) is 1. The molecule has 4 rings (SSSR count). The van der Waals surface area contributed by atoms with Crippen LogP contribution in [-0.4, -0.2) is 41.1 Å². The summed E-state index contributed by atoms with van der Waals surface area (Å²) in [5, 5.41) is 3.94. The maximum Gasteiger partial charge on any atom is 0.232 e. The number of methoxy groups -OCH3 is 1. The van der Waals surface area contributed by atoms with Gasteiger partial charge in [0, 0.05) is 24.6 Å². The Kier molecular flexibility index (Phi) is 5.10. The third kappa shape index (κ3) is 3.63. The van der Waals surface area contributed by atoms with Crippen LogP contribution in [0.5, 0.6) is 5.75 Å². The van der Waals surface area contributed by atoms with E-state index in [1.807, 2.05) is 54.3 Å². The lowest BCUT2D eigenvalue weighted by atomic mass is 9.89. The highest BCUT2D eigenvalue weighted by atomic mass is 16.5. The van der Waals surface area contributed by atoms with E-state index in [4.69, 9.17) is 9.26 Å². The summed E-state index contributed by atoms with van der Waals surface area (Å²) in [5.74, 6) is 2.13. The number of aryl methyl sites for hydroxylation is 1. The maximum atomic E-state index is 13.0. The van der Waals surface area contributed by atoms with E-state index in [1.165, 1.54) is 5.56 Å². The average molecular weight is 377 g/mol. The Bertz CT molecular complexity index is 954. The van der Waals surface area contributed by atoms with Crippen LogP contribution in [0.3, 0.4) is 0 Å². The highest BCUT2D eigenvalue weighted by molar-refractivity contribution is 5.80. The van der Waals surface area contributed by atoms with Crippen LogP contribution in [-0.2, 0) is 11.2 Å². The summed E-state index contributed by atoms with van der Waals surface area (Å²) < 4.78 is 10.9. The van der Waals surface area contributed by atoms with Crippen LogP contribution in [0.2, 0.25) is 0 Å². The van der Waals surface area contributed by atoms with Crippen LogP contribution < -0.4 is 4.74 Å². The number of hydrogen-bond donors (Lipinski definition) is 0. The molecule has 1 aromatic heterocycles. The van der Waals surface area contributed by atoms with E-state index in [-0.39, 0.29) is 17.7 Å². The fraction of sp³-hybridized carbons (Fsp3) is 0.318. The highest BCUT2D eigenvalue weighted by Gasteiger charge is 2.40. The van der Waals surface area contributed by atoms with Gasteiger partial charge in [-0.1, -0.05) is 53.7 Å². The molecule has 6 nitrogen and oxygen atoms in total. The Labute approximate surface area is 164 Å². The van der Waals surface area contributed by atoms with Gasteiger partial charge in [-0.15, -0.1) is 0 Å². The summed E-state index contributed by atoms with van der Waals surface area (Å²) in [6.45, 7) is 3.00. The van der Waals surface area contributed by atoms with Gasteiger partial charge in [0.05, 0.1) is 19.4 Å². The average Bonchev–Trinajstić information content (AvgIpc) is 3.35. The minimum Gasteiger partial charge on any atom is -0.496 e. The van der Waals surface area contributed by atoms with Crippen molar-refractivity contribution in [2.24, 2.45) is 0 Å². The van der Waals surface area contributed by atoms with Crippen LogP contribution in [0.15, 0.2) is 59.1 Å². The lowest BCUT2D eigenvalue weighted by molar-refractivity contribution is -0.129. The van der Waals surface area contributed by atoms with Crippen LogP contribution >= 0.6 is 0 Å². The molecule has 0 aliphatic carbocycles. The third-order valence-electron chi connectivity index (χ3n) is 5.29. The molecule has 2 heterocycles. The van der Waals surface area contributed by atoms with Gasteiger partial charge in [-0.3, -0.25) is 4.79 Å². The van der Waals surface area contributed by atoms with Gasteiger partial charge in [0.15, 0.2) is 5.82 Å². The molecule has 2 atom stereocenters. The number of rotatable bonds is 5. The first-order valence-corrected chi connectivity index (χ1v) is 9.40. The number of hydrogen-bond acceptors (Lipinski definition) is 5. The SMILES string of the molecule is COc1ccccc1CC(=O)N1CC(c2ccccc2)C(c2nc(C)no2)C1. The molecular formula is C22H23N3O3. The number of aromatic nitrogens is 2. The van der Waals surface area contributed by atoms with Crippen molar-refractivity contribution in [3.8, 4) is 5.75 Å². The molecule has 3 aromatic rings. The van der Waals surface area contributed by atoms with Gasteiger partial charge in [0.25, 0.3) is 0 Å². The largest absolute Gasteiger partial charge is 0.496 e. The summed E-state index contributed by atoms with van der Waals surface area (Å²) >= 11 is 0. The van der Waals surface area contributed by atoms with E-state index in [1.54, 1.807) is 7.11 Å². The predicted molar refractivity (Wildman–Crippen MR) is 104 cm³/mol. The second-order valence-electron chi connectivity index (χ2n) is 7.09. The zero-order chi connectivity index (χ0) is 19.5. The van der Waals surface area contributed by atoms with E-state index >= 15 is 0 Å². The number of carbonyl (C=O) groups excluding carboxylic acids is 1. The zero-order valence-corrected chi connectivity index (χ0v) is 16.0. The fourth-order valence-electron chi connectivity index (χ4n) is 3.88. The topological polar surface area (TPSA) is 68.5 Å². The number of amides is 1. The molecule has 0 bridgehead atoms. The van der Waals surface area contributed by atoms with Crippen molar-refractivity contribution < 1.29 is 14.1 Å². The Balaban J connectivity index is 1.58. The Morgan fingerprint density at radius 2 is 1.82 bits per heavy atom. The van der Waals surface area contributed by atoms with Crippen LogP contribution in [0.25, 0.3) is 0 Å². The smallest absolute Gasteiger partial charge is 0.232 e. The van der Waals surface area contributed by atoms with Gasteiger partial charge in [0.2, 0.25) is 11.8 Å². The molecule has 2 aromatic carbocycles. The molecule has 1 fully saturated rings. The molecule has 1 aliphatic heterocycles. The second-order valence-corrected chi connectivity index (χ2v) is 7.09. The summed E-state index contributed by atoms with van der Waals surface area (Å²) in [4.78, 5) is 19.4. The molecule has 144 valence electrons.